The van der Waals surface area contributed by atoms with Crippen molar-refractivity contribution in [3.8, 4) is 0 Å². The zero-order chi connectivity index (χ0) is 16.5. The smallest absolute Gasteiger partial charge is 0.191 e. The molecule has 1 aromatic heterocycles. The highest BCUT2D eigenvalue weighted by Crippen LogP contribution is 2.08. The van der Waals surface area contributed by atoms with Gasteiger partial charge in [0.05, 0.1) is 13.1 Å². The van der Waals surface area contributed by atoms with E-state index in [0.29, 0.717) is 12.5 Å². The third-order valence-corrected chi connectivity index (χ3v) is 3.34. The number of benzene rings is 1. The molecular weight excluding hydrogens is 413 g/mol. The first-order chi connectivity index (χ1) is 11.2. The van der Waals surface area contributed by atoms with Gasteiger partial charge in [0.2, 0.25) is 0 Å². The Bertz CT molecular complexity index is 608. The molecule has 0 fully saturated rings. The topological polar surface area (TPSA) is 54.2 Å². The van der Waals surface area contributed by atoms with Gasteiger partial charge in [0.1, 0.15) is 0 Å². The van der Waals surface area contributed by atoms with Gasteiger partial charge in [-0.05, 0) is 30.0 Å². The van der Waals surface area contributed by atoms with Crippen molar-refractivity contribution in [2.75, 3.05) is 13.1 Å². The van der Waals surface area contributed by atoms with Crippen molar-refractivity contribution in [2.24, 2.45) is 10.9 Å². The zero-order valence-corrected chi connectivity index (χ0v) is 17.0. The average molecular weight is 441 g/mol. The molecule has 0 saturated carbocycles. The van der Waals surface area contributed by atoms with Crippen LogP contribution in [0.1, 0.15) is 31.9 Å². The summed E-state index contributed by atoms with van der Waals surface area (Å²) in [5.74, 6) is 1.47. The summed E-state index contributed by atoms with van der Waals surface area (Å²) in [6, 6.07) is 10.5. The monoisotopic (exact) mass is 441 g/mol. The maximum absolute atomic E-state index is 4.67. The molecule has 0 bridgehead atoms. The predicted molar refractivity (Wildman–Crippen MR) is 111 cm³/mol. The Morgan fingerprint density at radius 3 is 2.67 bits per heavy atom. The second kappa shape index (κ2) is 11.1. The Morgan fingerprint density at radius 1 is 1.21 bits per heavy atom. The van der Waals surface area contributed by atoms with Crippen molar-refractivity contribution in [3.05, 3.63) is 53.9 Å². The van der Waals surface area contributed by atoms with Crippen molar-refractivity contribution in [1.29, 1.82) is 0 Å². The summed E-state index contributed by atoms with van der Waals surface area (Å²) in [7, 11) is 0. The van der Waals surface area contributed by atoms with Crippen molar-refractivity contribution in [3.63, 3.8) is 0 Å². The highest BCUT2D eigenvalue weighted by Gasteiger charge is 2.01. The van der Waals surface area contributed by atoms with Crippen molar-refractivity contribution < 1.29 is 0 Å². The highest BCUT2D eigenvalue weighted by atomic mass is 127. The molecule has 0 amide bonds. The fourth-order valence-electron chi connectivity index (χ4n) is 2.22. The van der Waals surface area contributed by atoms with E-state index in [4.69, 9.17) is 0 Å². The third-order valence-electron chi connectivity index (χ3n) is 3.34. The van der Waals surface area contributed by atoms with Crippen LogP contribution in [0.3, 0.4) is 0 Å². The van der Waals surface area contributed by atoms with Gasteiger partial charge in [0, 0.05) is 25.5 Å². The number of aliphatic imine (C=N–C) groups is 1. The van der Waals surface area contributed by atoms with E-state index in [1.165, 1.54) is 11.1 Å². The Morgan fingerprint density at radius 2 is 2.00 bits per heavy atom. The molecule has 2 rings (SSSR count). The summed E-state index contributed by atoms with van der Waals surface area (Å²) in [5, 5.41) is 10.9. The molecule has 24 heavy (non-hydrogen) atoms. The van der Waals surface area contributed by atoms with Crippen LogP contribution in [0.5, 0.6) is 0 Å². The van der Waals surface area contributed by atoms with Gasteiger partial charge in [-0.15, -0.1) is 24.0 Å². The Kier molecular flexibility index (Phi) is 9.44. The van der Waals surface area contributed by atoms with Gasteiger partial charge in [-0.25, -0.2) is 4.99 Å². The number of halogens is 1. The van der Waals surface area contributed by atoms with Gasteiger partial charge < -0.3 is 10.6 Å². The normalized spacial score (nSPS) is 11.2. The fourth-order valence-corrected chi connectivity index (χ4v) is 2.22. The van der Waals surface area contributed by atoms with Gasteiger partial charge in [-0.1, -0.05) is 38.1 Å². The number of hydrogen-bond donors (Lipinski definition) is 2. The third kappa shape index (κ3) is 7.33. The van der Waals surface area contributed by atoms with Crippen LogP contribution in [-0.4, -0.2) is 28.8 Å². The van der Waals surface area contributed by atoms with Crippen LogP contribution in [0.25, 0.3) is 0 Å². The summed E-state index contributed by atoms with van der Waals surface area (Å²) >= 11 is 0. The predicted octanol–water partition coefficient (Wildman–Crippen LogP) is 3.26. The van der Waals surface area contributed by atoms with E-state index in [1.54, 1.807) is 6.20 Å². The Hall–Kier alpha value is -1.57. The SMILES string of the molecule is CCNC(=NCc1cccc(Cn2cccn2)c1)NCC(C)C.I. The van der Waals surface area contributed by atoms with Crippen molar-refractivity contribution in [2.45, 2.75) is 33.9 Å². The van der Waals surface area contributed by atoms with E-state index < -0.39 is 0 Å². The van der Waals surface area contributed by atoms with Gasteiger partial charge in [-0.2, -0.15) is 5.10 Å². The lowest BCUT2D eigenvalue weighted by molar-refractivity contribution is 0.615. The van der Waals surface area contributed by atoms with Crippen LogP contribution >= 0.6 is 24.0 Å². The molecule has 0 aliphatic carbocycles. The lowest BCUT2D eigenvalue weighted by Gasteiger charge is -2.13. The van der Waals surface area contributed by atoms with Crippen LogP contribution in [0.15, 0.2) is 47.7 Å². The minimum Gasteiger partial charge on any atom is -0.357 e. The van der Waals surface area contributed by atoms with Gasteiger partial charge >= 0.3 is 0 Å². The molecule has 5 nitrogen and oxygen atoms in total. The summed E-state index contributed by atoms with van der Waals surface area (Å²) in [6.45, 7) is 9.70. The molecule has 0 aliphatic heterocycles. The lowest BCUT2D eigenvalue weighted by atomic mass is 10.1. The molecule has 0 unspecified atom stereocenters. The molecule has 2 N–H and O–H groups in total. The molecule has 0 radical (unpaired) electrons. The number of nitrogens with zero attached hydrogens (tertiary/aromatic N) is 3. The number of hydrogen-bond acceptors (Lipinski definition) is 2. The number of rotatable bonds is 7. The molecule has 0 atom stereocenters. The van der Waals surface area contributed by atoms with Crippen LogP contribution < -0.4 is 10.6 Å². The summed E-state index contributed by atoms with van der Waals surface area (Å²) in [5.41, 5.74) is 2.44. The van der Waals surface area contributed by atoms with Gasteiger partial charge in [0.25, 0.3) is 0 Å². The summed E-state index contributed by atoms with van der Waals surface area (Å²) in [6.07, 6.45) is 3.78. The molecular formula is C18H28IN5. The first-order valence-corrected chi connectivity index (χ1v) is 8.24. The largest absolute Gasteiger partial charge is 0.357 e. The standard InChI is InChI=1S/C18H27N5.HI/c1-4-19-18(20-12-15(2)3)21-13-16-7-5-8-17(11-16)14-23-10-6-9-22-23;/h5-11,15H,4,12-14H2,1-3H3,(H2,19,20,21);1H. The Labute approximate surface area is 162 Å². The van der Waals surface area contributed by atoms with Gasteiger partial charge in [0.15, 0.2) is 5.96 Å². The molecule has 6 heteroatoms. The van der Waals surface area contributed by atoms with Crippen LogP contribution in [0.4, 0.5) is 0 Å². The lowest BCUT2D eigenvalue weighted by Crippen LogP contribution is -2.39. The van der Waals surface area contributed by atoms with E-state index in [0.717, 1.165) is 25.6 Å². The second-order valence-corrected chi connectivity index (χ2v) is 5.99. The van der Waals surface area contributed by atoms with Crippen molar-refractivity contribution in [1.82, 2.24) is 20.4 Å². The molecule has 1 aromatic carbocycles. The molecule has 1 heterocycles. The van der Waals surface area contributed by atoms with E-state index >= 15 is 0 Å². The summed E-state index contributed by atoms with van der Waals surface area (Å²) in [4.78, 5) is 4.67. The molecule has 132 valence electrons. The molecule has 0 saturated heterocycles. The number of aromatic nitrogens is 2. The quantitative estimate of drug-likeness (QED) is 0.394. The molecule has 0 spiro atoms. The van der Waals surface area contributed by atoms with E-state index in [-0.39, 0.29) is 24.0 Å². The van der Waals surface area contributed by atoms with Crippen LogP contribution in [0, 0.1) is 5.92 Å². The van der Waals surface area contributed by atoms with E-state index in [9.17, 15) is 0 Å². The average Bonchev–Trinajstić information content (AvgIpc) is 3.03. The molecule has 2 aromatic rings. The maximum Gasteiger partial charge on any atom is 0.191 e. The van der Waals surface area contributed by atoms with Crippen LogP contribution in [0.2, 0.25) is 0 Å². The van der Waals surface area contributed by atoms with Gasteiger partial charge in [-0.3, -0.25) is 4.68 Å². The Balaban J connectivity index is 0.00000288. The van der Waals surface area contributed by atoms with E-state index in [2.05, 4.69) is 65.8 Å². The number of guanidine groups is 1. The fraction of sp³-hybridized carbons (Fsp3) is 0.444. The zero-order valence-electron chi connectivity index (χ0n) is 14.7. The minimum atomic E-state index is 0. The first kappa shape index (κ1) is 20.5. The maximum atomic E-state index is 4.67. The highest BCUT2D eigenvalue weighted by molar-refractivity contribution is 14.0. The minimum absolute atomic E-state index is 0. The second-order valence-electron chi connectivity index (χ2n) is 5.99. The number of nitrogens with one attached hydrogen (secondary N) is 2. The summed E-state index contributed by atoms with van der Waals surface area (Å²) < 4.78 is 1.93. The first-order valence-electron chi connectivity index (χ1n) is 8.24. The molecule has 0 aliphatic rings. The van der Waals surface area contributed by atoms with Crippen LogP contribution in [-0.2, 0) is 13.1 Å². The van der Waals surface area contributed by atoms with E-state index in [1.807, 2.05) is 16.9 Å². The van der Waals surface area contributed by atoms with Crippen molar-refractivity contribution >= 4 is 29.9 Å².